The van der Waals surface area contributed by atoms with Crippen LogP contribution in [0, 0.1) is 41.5 Å². The molecule has 0 bridgehead atoms. The molecule has 0 heterocycles. The maximum absolute atomic E-state index is 12.2. The number of fused-ring (bicyclic) bond motifs is 6. The van der Waals surface area contributed by atoms with Crippen molar-refractivity contribution in [2.75, 3.05) is 6.61 Å². The summed E-state index contributed by atoms with van der Waals surface area (Å²) in [6.07, 6.45) is -0.874. The van der Waals surface area contributed by atoms with Gasteiger partial charge in [-0.2, -0.15) is 0 Å². The number of aliphatic hydroxyl groups excluding tert-OH is 1. The minimum absolute atomic E-state index is 0.142. The minimum Gasteiger partial charge on any atom is -0.364 e. The second kappa shape index (κ2) is 30.1. The Hall–Kier alpha value is -5.09. The van der Waals surface area contributed by atoms with E-state index in [1.54, 1.807) is 0 Å². The van der Waals surface area contributed by atoms with E-state index < -0.39 is 6.29 Å². The predicted molar refractivity (Wildman–Crippen MR) is 284 cm³/mol. The van der Waals surface area contributed by atoms with Crippen molar-refractivity contribution >= 4 is 5.78 Å². The molecular weight excluding hydrogens is 781 g/mol. The van der Waals surface area contributed by atoms with Gasteiger partial charge in [0, 0.05) is 28.7 Å². The average Bonchev–Trinajstić information content (AvgIpc) is 3.72. The number of hydrogen-bond acceptors (Lipinski definition) is 3. The van der Waals surface area contributed by atoms with Gasteiger partial charge in [0.25, 0.3) is 0 Å². The van der Waals surface area contributed by atoms with Crippen LogP contribution in [0.3, 0.4) is 0 Å². The van der Waals surface area contributed by atoms with Crippen LogP contribution in [0.5, 0.6) is 0 Å². The highest BCUT2D eigenvalue weighted by atomic mass is 16.6. The van der Waals surface area contributed by atoms with Gasteiger partial charge in [0.15, 0.2) is 12.1 Å². The van der Waals surface area contributed by atoms with Gasteiger partial charge >= 0.3 is 0 Å². The molecule has 8 rings (SSSR count). The van der Waals surface area contributed by atoms with Gasteiger partial charge in [-0.1, -0.05) is 233 Å². The molecule has 2 aliphatic carbocycles. The van der Waals surface area contributed by atoms with Crippen molar-refractivity contribution < 1.29 is 14.6 Å². The van der Waals surface area contributed by atoms with Crippen LogP contribution >= 0.6 is 0 Å². The number of carbonyl (C=O) groups is 1. The molecule has 0 radical (unpaired) electrons. The zero-order valence-corrected chi connectivity index (χ0v) is 44.0. The highest BCUT2D eigenvalue weighted by Crippen LogP contribution is 2.49. The summed E-state index contributed by atoms with van der Waals surface area (Å²) in [5, 5.41) is 10.1. The monoisotopic (exact) mass is 867 g/mol. The number of carbonyl (C=O) groups excluding carboxylic acids is 1. The van der Waals surface area contributed by atoms with Gasteiger partial charge in [-0.05, 0) is 105 Å². The van der Waals surface area contributed by atoms with Crippen molar-refractivity contribution in [2.45, 2.75) is 157 Å². The van der Waals surface area contributed by atoms with Gasteiger partial charge in [-0.15, -0.1) is 0 Å². The minimum atomic E-state index is -0.874. The molecule has 1 atom stereocenters. The van der Waals surface area contributed by atoms with Crippen molar-refractivity contribution in [1.29, 1.82) is 0 Å². The molecule has 3 heteroatoms. The lowest BCUT2D eigenvalue weighted by Crippen LogP contribution is -2.15. The summed E-state index contributed by atoms with van der Waals surface area (Å²) in [7, 11) is 0. The number of aryl methyl sites for hydroxylation is 6. The first-order valence-electron chi connectivity index (χ1n) is 24.2. The van der Waals surface area contributed by atoms with E-state index in [4.69, 9.17) is 4.74 Å². The molecule has 0 spiro atoms. The Balaban J connectivity index is 0.000000832. The molecule has 3 nitrogen and oxygen atoms in total. The Morgan fingerprint density at radius 2 is 0.734 bits per heavy atom. The van der Waals surface area contributed by atoms with Crippen LogP contribution in [0.25, 0.3) is 33.4 Å². The molecule has 348 valence electrons. The predicted octanol–water partition coefficient (Wildman–Crippen LogP) is 18.3. The van der Waals surface area contributed by atoms with E-state index in [1.165, 1.54) is 38.9 Å². The SMILES string of the molecule is CC.CC.CC.CC.CC.CC.CCOC(O)c1cc(C)ccc1-c1ccc(C)cc1.Cc1ccc2c(c1)C(=O)c1cc(C)ccc1-2.Cc1ccc2c(c1)C(C)(C)c1cc(C)ccc1-2. The van der Waals surface area contributed by atoms with E-state index in [-0.39, 0.29) is 11.2 Å². The second-order valence-corrected chi connectivity index (χ2v) is 14.9. The van der Waals surface area contributed by atoms with Crippen LogP contribution in [0.2, 0.25) is 0 Å². The molecule has 0 aliphatic heterocycles. The smallest absolute Gasteiger partial charge is 0.194 e. The highest BCUT2D eigenvalue weighted by Gasteiger charge is 2.35. The molecule has 0 saturated carbocycles. The van der Waals surface area contributed by atoms with Crippen LogP contribution in [-0.2, 0) is 10.2 Å². The summed E-state index contributed by atoms with van der Waals surface area (Å²) < 4.78 is 5.32. The van der Waals surface area contributed by atoms with Crippen LogP contribution < -0.4 is 0 Å². The molecule has 2 aliphatic rings. The third kappa shape index (κ3) is 15.0. The third-order valence-electron chi connectivity index (χ3n) is 10.3. The van der Waals surface area contributed by atoms with Crippen LogP contribution in [0.4, 0.5) is 0 Å². The maximum atomic E-state index is 12.2. The van der Waals surface area contributed by atoms with Crippen LogP contribution in [0.1, 0.15) is 176 Å². The first kappa shape index (κ1) is 58.9. The standard InChI is InChI=1S/C17H20O2.C17H18.C15H12O.6C2H6/c1-4-19-17(18)16-11-13(3)7-10-15(16)14-8-5-12(2)6-9-14;1-11-5-7-13-14-8-6-12(2)10-16(14)17(3,4)15(13)9-11;1-9-3-5-11-12-6-4-10(2)8-14(12)15(16)13(11)7-9;6*1-2/h5-11,17-18H,4H2,1-3H3;5-10H,1-4H3;3-8H,1-2H3;6*1-2H3. The molecule has 6 aromatic rings. The van der Waals surface area contributed by atoms with E-state index >= 15 is 0 Å². The van der Waals surface area contributed by atoms with E-state index in [0.717, 1.165) is 55.6 Å². The molecule has 0 aromatic heterocycles. The molecular formula is C61H86O3. The first-order valence-corrected chi connectivity index (χ1v) is 24.2. The summed E-state index contributed by atoms with van der Waals surface area (Å²) in [5.74, 6) is 0.164. The number of hydrogen-bond donors (Lipinski definition) is 1. The highest BCUT2D eigenvalue weighted by molar-refractivity contribution is 6.21. The molecule has 0 saturated heterocycles. The molecule has 1 N–H and O–H groups in total. The Bertz CT molecular complexity index is 2170. The number of aliphatic hydroxyl groups is 1. The topological polar surface area (TPSA) is 46.5 Å². The van der Waals surface area contributed by atoms with Crippen LogP contribution in [-0.4, -0.2) is 17.5 Å². The van der Waals surface area contributed by atoms with Gasteiger partial charge in [-0.3, -0.25) is 4.79 Å². The quantitative estimate of drug-likeness (QED) is 0.179. The van der Waals surface area contributed by atoms with E-state index in [2.05, 4.69) is 113 Å². The Morgan fingerprint density at radius 1 is 0.422 bits per heavy atom. The van der Waals surface area contributed by atoms with Crippen molar-refractivity contribution in [2.24, 2.45) is 0 Å². The summed E-state index contributed by atoms with van der Waals surface area (Å²) in [6, 6.07) is 40.2. The van der Waals surface area contributed by atoms with Crippen molar-refractivity contribution in [3.63, 3.8) is 0 Å². The fraction of sp³-hybridized carbons (Fsp3) is 0.393. The zero-order valence-electron chi connectivity index (χ0n) is 44.0. The summed E-state index contributed by atoms with van der Waals surface area (Å²) in [5.41, 5.74) is 20.0. The first-order chi connectivity index (χ1) is 30.8. The lowest BCUT2D eigenvalue weighted by Gasteiger charge is -2.22. The van der Waals surface area contributed by atoms with Gasteiger partial charge in [0.2, 0.25) is 0 Å². The lowest BCUT2D eigenvalue weighted by molar-refractivity contribution is -0.0976. The Labute approximate surface area is 392 Å². The summed E-state index contributed by atoms with van der Waals surface area (Å²) in [6.45, 7) is 43.5. The molecule has 1 unspecified atom stereocenters. The molecule has 0 fully saturated rings. The molecule has 64 heavy (non-hydrogen) atoms. The van der Waals surface area contributed by atoms with Crippen LogP contribution in [0.15, 0.2) is 115 Å². The van der Waals surface area contributed by atoms with Crippen molar-refractivity contribution in [3.05, 3.63) is 176 Å². The van der Waals surface area contributed by atoms with Gasteiger partial charge in [-0.25, -0.2) is 0 Å². The van der Waals surface area contributed by atoms with Crippen molar-refractivity contribution in [1.82, 2.24) is 0 Å². The largest absolute Gasteiger partial charge is 0.364 e. The maximum Gasteiger partial charge on any atom is 0.194 e. The van der Waals surface area contributed by atoms with Gasteiger partial charge in [0.1, 0.15) is 0 Å². The average molecular weight is 867 g/mol. The van der Waals surface area contributed by atoms with Crippen molar-refractivity contribution in [3.8, 4) is 33.4 Å². The third-order valence-corrected chi connectivity index (χ3v) is 10.3. The van der Waals surface area contributed by atoms with E-state index in [9.17, 15) is 9.90 Å². The number of rotatable bonds is 4. The molecule has 0 amide bonds. The fourth-order valence-electron chi connectivity index (χ4n) is 7.40. The Kier molecular flexibility index (Phi) is 27.7. The Morgan fingerprint density at radius 3 is 1.11 bits per heavy atom. The number of benzene rings is 6. The fourth-order valence-corrected chi connectivity index (χ4v) is 7.40. The normalized spacial score (nSPS) is 11.5. The van der Waals surface area contributed by atoms with E-state index in [0.29, 0.717) is 6.61 Å². The van der Waals surface area contributed by atoms with Gasteiger partial charge in [0.05, 0.1) is 0 Å². The van der Waals surface area contributed by atoms with Gasteiger partial charge < -0.3 is 9.84 Å². The summed E-state index contributed by atoms with van der Waals surface area (Å²) >= 11 is 0. The lowest BCUT2D eigenvalue weighted by atomic mass is 9.81. The summed E-state index contributed by atoms with van der Waals surface area (Å²) in [4.78, 5) is 12.2. The number of ketones is 1. The molecule has 6 aromatic carbocycles. The number of ether oxygens (including phenoxy) is 1. The van der Waals surface area contributed by atoms with E-state index in [1.807, 2.05) is 147 Å². The zero-order chi connectivity index (χ0) is 49.3. The second-order valence-electron chi connectivity index (χ2n) is 14.9.